The van der Waals surface area contributed by atoms with Crippen molar-refractivity contribution in [2.24, 2.45) is 5.92 Å². The number of piperidine rings is 1. The third-order valence-corrected chi connectivity index (χ3v) is 4.12. The van der Waals surface area contributed by atoms with Crippen LogP contribution in [0.3, 0.4) is 0 Å². The Morgan fingerprint density at radius 1 is 1.60 bits per heavy atom. The number of amides is 1. The summed E-state index contributed by atoms with van der Waals surface area (Å²) in [4.78, 5) is 28.8. The number of aromatic nitrogens is 1. The van der Waals surface area contributed by atoms with Gasteiger partial charge < -0.3 is 10.0 Å². The molecule has 1 aromatic heterocycles. The maximum absolute atomic E-state index is 12.1. The fourth-order valence-corrected chi connectivity index (χ4v) is 2.98. The van der Waals surface area contributed by atoms with Crippen LogP contribution in [0.25, 0.3) is 6.08 Å². The molecule has 0 aromatic carbocycles. The highest BCUT2D eigenvalue weighted by Gasteiger charge is 2.24. The Morgan fingerprint density at radius 2 is 2.40 bits per heavy atom. The van der Waals surface area contributed by atoms with Crippen LogP contribution in [0.15, 0.2) is 11.5 Å². The van der Waals surface area contributed by atoms with Gasteiger partial charge in [0, 0.05) is 31.0 Å². The van der Waals surface area contributed by atoms with E-state index in [2.05, 4.69) is 4.98 Å². The average molecular weight is 294 g/mol. The van der Waals surface area contributed by atoms with Gasteiger partial charge in [-0.3, -0.25) is 9.59 Å². The van der Waals surface area contributed by atoms with Crippen LogP contribution in [0.1, 0.15) is 30.0 Å². The SMILES string of the molecule is Cc1nc(C=CC(=O)N2CCCC(CC(=O)O)C2)cs1. The summed E-state index contributed by atoms with van der Waals surface area (Å²) in [5.74, 6) is -0.788. The van der Waals surface area contributed by atoms with E-state index in [0.717, 1.165) is 23.5 Å². The Morgan fingerprint density at radius 3 is 3.05 bits per heavy atom. The normalized spacial score (nSPS) is 19.4. The number of nitrogens with zero attached hydrogens (tertiary/aromatic N) is 2. The van der Waals surface area contributed by atoms with E-state index in [4.69, 9.17) is 5.11 Å². The lowest BCUT2D eigenvalue weighted by Crippen LogP contribution is -2.39. The van der Waals surface area contributed by atoms with Crippen molar-refractivity contribution in [1.29, 1.82) is 0 Å². The first-order chi connectivity index (χ1) is 9.54. The van der Waals surface area contributed by atoms with Gasteiger partial charge in [-0.2, -0.15) is 0 Å². The summed E-state index contributed by atoms with van der Waals surface area (Å²) in [5, 5.41) is 11.7. The molecule has 108 valence electrons. The van der Waals surface area contributed by atoms with Crippen molar-refractivity contribution in [3.63, 3.8) is 0 Å². The predicted octanol–water partition coefficient (Wildman–Crippen LogP) is 2.18. The molecule has 0 radical (unpaired) electrons. The lowest BCUT2D eigenvalue weighted by Gasteiger charge is -2.31. The van der Waals surface area contributed by atoms with Crippen molar-refractivity contribution < 1.29 is 14.7 Å². The molecule has 2 rings (SSSR count). The van der Waals surface area contributed by atoms with Crippen LogP contribution in [0, 0.1) is 12.8 Å². The number of likely N-dealkylation sites (tertiary alicyclic amines) is 1. The highest BCUT2D eigenvalue weighted by atomic mass is 32.1. The molecule has 0 aliphatic carbocycles. The fraction of sp³-hybridized carbons (Fsp3) is 0.500. The van der Waals surface area contributed by atoms with E-state index in [1.165, 1.54) is 6.08 Å². The molecule has 2 heterocycles. The number of hydrogen-bond donors (Lipinski definition) is 1. The van der Waals surface area contributed by atoms with Crippen LogP contribution in [-0.4, -0.2) is 40.0 Å². The van der Waals surface area contributed by atoms with Gasteiger partial charge in [0.15, 0.2) is 0 Å². The molecule has 0 bridgehead atoms. The summed E-state index contributed by atoms with van der Waals surface area (Å²) in [5.41, 5.74) is 0.792. The second-order valence-corrected chi connectivity index (χ2v) is 6.08. The molecule has 1 aliphatic rings. The van der Waals surface area contributed by atoms with Gasteiger partial charge in [-0.1, -0.05) is 0 Å². The molecular formula is C14H18N2O3S. The third-order valence-electron chi connectivity index (χ3n) is 3.33. The number of carboxylic acid groups (broad SMARTS) is 1. The summed E-state index contributed by atoms with van der Waals surface area (Å²) in [6.07, 6.45) is 5.13. The van der Waals surface area contributed by atoms with E-state index in [9.17, 15) is 9.59 Å². The zero-order chi connectivity index (χ0) is 14.5. The van der Waals surface area contributed by atoms with Crippen LogP contribution < -0.4 is 0 Å². The molecule has 1 aliphatic heterocycles. The smallest absolute Gasteiger partial charge is 0.303 e. The molecule has 1 fully saturated rings. The standard InChI is InChI=1S/C14H18N2O3S/c1-10-15-12(9-20-10)4-5-13(17)16-6-2-3-11(8-16)7-14(18)19/h4-5,9,11H,2-3,6-8H2,1H3,(H,18,19). The number of thiazole rings is 1. The molecule has 1 N–H and O–H groups in total. The Balaban J connectivity index is 1.91. The molecule has 1 atom stereocenters. The average Bonchev–Trinajstić information content (AvgIpc) is 2.81. The summed E-state index contributed by atoms with van der Waals surface area (Å²) in [6.45, 7) is 3.16. The van der Waals surface area contributed by atoms with Crippen LogP contribution in [0.2, 0.25) is 0 Å². The number of carbonyl (C=O) groups is 2. The molecule has 0 saturated carbocycles. The molecule has 20 heavy (non-hydrogen) atoms. The fourth-order valence-electron chi connectivity index (χ4n) is 2.40. The van der Waals surface area contributed by atoms with Crippen molar-refractivity contribution >= 4 is 29.3 Å². The first-order valence-electron chi connectivity index (χ1n) is 6.65. The third kappa shape index (κ3) is 4.16. The monoisotopic (exact) mass is 294 g/mol. The van der Waals surface area contributed by atoms with E-state index in [0.29, 0.717) is 13.1 Å². The molecule has 0 spiro atoms. The summed E-state index contributed by atoms with van der Waals surface area (Å²) in [6, 6.07) is 0. The Labute approximate surface area is 121 Å². The maximum atomic E-state index is 12.1. The lowest BCUT2D eigenvalue weighted by atomic mass is 9.95. The first-order valence-corrected chi connectivity index (χ1v) is 7.53. The second kappa shape index (κ2) is 6.65. The van der Waals surface area contributed by atoms with Gasteiger partial charge in [-0.05, 0) is 31.8 Å². The van der Waals surface area contributed by atoms with Gasteiger partial charge in [-0.25, -0.2) is 4.98 Å². The quantitative estimate of drug-likeness (QED) is 0.864. The Kier molecular flexibility index (Phi) is 4.89. The van der Waals surface area contributed by atoms with Crippen molar-refractivity contribution in [2.75, 3.05) is 13.1 Å². The molecule has 1 aromatic rings. The zero-order valence-electron chi connectivity index (χ0n) is 11.4. The highest BCUT2D eigenvalue weighted by molar-refractivity contribution is 7.09. The molecule has 1 saturated heterocycles. The van der Waals surface area contributed by atoms with Crippen LogP contribution in [0.4, 0.5) is 0 Å². The van der Waals surface area contributed by atoms with Crippen LogP contribution in [-0.2, 0) is 9.59 Å². The molecule has 1 unspecified atom stereocenters. The predicted molar refractivity (Wildman–Crippen MR) is 77.4 cm³/mol. The minimum atomic E-state index is -0.794. The first kappa shape index (κ1) is 14.7. The number of aliphatic carboxylic acids is 1. The van der Waals surface area contributed by atoms with Crippen LogP contribution in [0.5, 0.6) is 0 Å². The second-order valence-electron chi connectivity index (χ2n) is 5.02. The van der Waals surface area contributed by atoms with Crippen molar-refractivity contribution in [3.8, 4) is 0 Å². The van der Waals surface area contributed by atoms with Crippen molar-refractivity contribution in [1.82, 2.24) is 9.88 Å². The largest absolute Gasteiger partial charge is 0.481 e. The van der Waals surface area contributed by atoms with Crippen molar-refractivity contribution in [3.05, 3.63) is 22.2 Å². The van der Waals surface area contributed by atoms with Gasteiger partial charge in [-0.15, -0.1) is 11.3 Å². The minimum Gasteiger partial charge on any atom is -0.481 e. The Bertz CT molecular complexity index is 524. The molecule has 1 amide bonds. The number of hydrogen-bond acceptors (Lipinski definition) is 4. The van der Waals surface area contributed by atoms with Gasteiger partial charge >= 0.3 is 5.97 Å². The number of rotatable bonds is 4. The van der Waals surface area contributed by atoms with E-state index >= 15 is 0 Å². The molecular weight excluding hydrogens is 276 g/mol. The minimum absolute atomic E-state index is 0.0641. The van der Waals surface area contributed by atoms with Crippen LogP contribution >= 0.6 is 11.3 Å². The number of aryl methyl sites for hydroxylation is 1. The topological polar surface area (TPSA) is 70.5 Å². The van der Waals surface area contributed by atoms with Crippen molar-refractivity contribution in [2.45, 2.75) is 26.2 Å². The summed E-state index contributed by atoms with van der Waals surface area (Å²) < 4.78 is 0. The van der Waals surface area contributed by atoms with E-state index in [1.807, 2.05) is 12.3 Å². The van der Waals surface area contributed by atoms with Gasteiger partial charge in [0.25, 0.3) is 0 Å². The molecule has 5 nitrogen and oxygen atoms in total. The zero-order valence-corrected chi connectivity index (χ0v) is 12.2. The molecule has 6 heteroatoms. The summed E-state index contributed by atoms with van der Waals surface area (Å²) in [7, 11) is 0. The van der Waals surface area contributed by atoms with E-state index < -0.39 is 5.97 Å². The number of carboxylic acids is 1. The van der Waals surface area contributed by atoms with E-state index in [-0.39, 0.29) is 18.2 Å². The van der Waals surface area contributed by atoms with E-state index in [1.54, 1.807) is 22.3 Å². The van der Waals surface area contributed by atoms with Gasteiger partial charge in [0.1, 0.15) is 0 Å². The van der Waals surface area contributed by atoms with Gasteiger partial charge in [0.2, 0.25) is 5.91 Å². The van der Waals surface area contributed by atoms with Gasteiger partial charge in [0.05, 0.1) is 10.7 Å². The number of carbonyl (C=O) groups excluding carboxylic acids is 1. The maximum Gasteiger partial charge on any atom is 0.303 e. The highest BCUT2D eigenvalue weighted by Crippen LogP contribution is 2.20. The lowest BCUT2D eigenvalue weighted by molar-refractivity contribution is -0.139. The Hall–Kier alpha value is -1.69. The summed E-state index contributed by atoms with van der Waals surface area (Å²) >= 11 is 1.55.